The van der Waals surface area contributed by atoms with Crippen LogP contribution in [0.5, 0.6) is 0 Å². The molecule has 0 saturated carbocycles. The second-order valence-corrected chi connectivity index (χ2v) is 8.16. The first-order chi connectivity index (χ1) is 14.1. The number of carbonyl (C=O) groups is 1. The number of pyridine rings is 1. The Morgan fingerprint density at radius 1 is 1.03 bits per heavy atom. The molecule has 4 nitrogen and oxygen atoms in total. The van der Waals surface area contributed by atoms with Crippen molar-refractivity contribution in [3.05, 3.63) is 84.0 Å². The molecule has 0 spiro atoms. The SMILES string of the molecule is CN(C)C(=O)c1cccc(-n2ccc3cc(-c4cccc5sccc45)cnc32)c1. The van der Waals surface area contributed by atoms with Crippen LogP contribution in [0.15, 0.2) is 78.4 Å². The third kappa shape index (κ3) is 3.00. The van der Waals surface area contributed by atoms with E-state index in [2.05, 4.69) is 41.8 Å². The van der Waals surface area contributed by atoms with Crippen LogP contribution in [0.4, 0.5) is 0 Å². The Morgan fingerprint density at radius 2 is 1.90 bits per heavy atom. The van der Waals surface area contributed by atoms with Crippen molar-refractivity contribution in [2.24, 2.45) is 0 Å². The molecule has 0 radical (unpaired) electrons. The predicted octanol–water partition coefficient (Wildman–Crippen LogP) is 5.61. The summed E-state index contributed by atoms with van der Waals surface area (Å²) in [6.45, 7) is 0. The summed E-state index contributed by atoms with van der Waals surface area (Å²) in [7, 11) is 3.52. The van der Waals surface area contributed by atoms with Gasteiger partial charge in [0, 0.05) is 58.8 Å². The monoisotopic (exact) mass is 397 g/mol. The Kier molecular flexibility index (Phi) is 4.18. The highest BCUT2D eigenvalue weighted by Crippen LogP contribution is 2.33. The van der Waals surface area contributed by atoms with Gasteiger partial charge in [-0.25, -0.2) is 4.98 Å². The Labute approximate surface area is 172 Å². The molecule has 29 heavy (non-hydrogen) atoms. The minimum absolute atomic E-state index is 0.0117. The maximum absolute atomic E-state index is 12.3. The second-order valence-electron chi connectivity index (χ2n) is 7.21. The molecule has 0 saturated heterocycles. The molecular formula is C24H19N3OS. The van der Waals surface area contributed by atoms with E-state index in [0.717, 1.165) is 22.3 Å². The van der Waals surface area contributed by atoms with Crippen molar-refractivity contribution >= 4 is 38.4 Å². The summed E-state index contributed by atoms with van der Waals surface area (Å²) >= 11 is 1.75. The van der Waals surface area contributed by atoms with Crippen molar-refractivity contribution in [3.8, 4) is 16.8 Å². The molecule has 1 amide bonds. The molecule has 5 aromatic rings. The molecule has 0 atom stereocenters. The summed E-state index contributed by atoms with van der Waals surface area (Å²) in [5.41, 5.74) is 4.77. The number of aromatic nitrogens is 2. The van der Waals surface area contributed by atoms with Crippen LogP contribution in [0.1, 0.15) is 10.4 Å². The van der Waals surface area contributed by atoms with Crippen LogP contribution in [-0.2, 0) is 0 Å². The number of nitrogens with zero attached hydrogens (tertiary/aromatic N) is 3. The maximum Gasteiger partial charge on any atom is 0.253 e. The van der Waals surface area contributed by atoms with E-state index in [4.69, 9.17) is 4.98 Å². The van der Waals surface area contributed by atoms with E-state index >= 15 is 0 Å². The fourth-order valence-electron chi connectivity index (χ4n) is 3.67. The zero-order valence-electron chi connectivity index (χ0n) is 16.2. The van der Waals surface area contributed by atoms with Crippen molar-refractivity contribution in [1.29, 1.82) is 0 Å². The summed E-state index contributed by atoms with van der Waals surface area (Å²) in [5.74, 6) is -0.0117. The summed E-state index contributed by atoms with van der Waals surface area (Å²) in [6.07, 6.45) is 3.94. The highest BCUT2D eigenvalue weighted by Gasteiger charge is 2.12. The molecule has 3 aromatic heterocycles. The Balaban J connectivity index is 1.60. The number of hydrogen-bond acceptors (Lipinski definition) is 3. The van der Waals surface area contributed by atoms with Crippen LogP contribution >= 0.6 is 11.3 Å². The summed E-state index contributed by atoms with van der Waals surface area (Å²) in [4.78, 5) is 18.7. The van der Waals surface area contributed by atoms with Gasteiger partial charge in [0.15, 0.2) is 0 Å². The lowest BCUT2D eigenvalue weighted by molar-refractivity contribution is 0.0827. The van der Waals surface area contributed by atoms with Gasteiger partial charge in [-0.15, -0.1) is 11.3 Å². The van der Waals surface area contributed by atoms with Crippen LogP contribution in [-0.4, -0.2) is 34.5 Å². The molecule has 0 unspecified atom stereocenters. The zero-order chi connectivity index (χ0) is 20.0. The Morgan fingerprint density at radius 3 is 2.76 bits per heavy atom. The molecule has 5 heteroatoms. The molecule has 3 heterocycles. The standard InChI is InChI=1S/C24H19N3OS/c1-26(2)24(28)17-5-3-6-19(14-17)27-11-9-16-13-18(15-25-23(16)27)20-7-4-8-22-21(20)10-12-29-22/h3-15H,1-2H3. The highest BCUT2D eigenvalue weighted by molar-refractivity contribution is 7.17. The number of rotatable bonds is 3. The zero-order valence-corrected chi connectivity index (χ0v) is 17.0. The minimum Gasteiger partial charge on any atom is -0.345 e. The van der Waals surface area contributed by atoms with E-state index in [0.29, 0.717) is 5.56 Å². The van der Waals surface area contributed by atoms with Gasteiger partial charge in [-0.1, -0.05) is 18.2 Å². The van der Waals surface area contributed by atoms with Crippen LogP contribution in [0.2, 0.25) is 0 Å². The average Bonchev–Trinajstić information content (AvgIpc) is 3.39. The second kappa shape index (κ2) is 6.87. The smallest absolute Gasteiger partial charge is 0.253 e. The molecule has 0 fully saturated rings. The molecule has 2 aromatic carbocycles. The summed E-state index contributed by atoms with van der Waals surface area (Å²) in [6, 6.07) is 20.4. The number of carbonyl (C=O) groups excluding carboxylic acids is 1. The molecule has 0 aliphatic heterocycles. The van der Waals surface area contributed by atoms with Gasteiger partial charge in [-0.2, -0.15) is 0 Å². The quantitative estimate of drug-likeness (QED) is 0.397. The predicted molar refractivity (Wildman–Crippen MR) is 120 cm³/mol. The van der Waals surface area contributed by atoms with Crippen molar-refractivity contribution < 1.29 is 4.79 Å². The number of amides is 1. The fraction of sp³-hybridized carbons (Fsp3) is 0.0833. The molecule has 5 rings (SSSR count). The normalized spacial score (nSPS) is 11.2. The number of benzene rings is 2. The van der Waals surface area contributed by atoms with Crippen molar-refractivity contribution in [3.63, 3.8) is 0 Å². The Bertz CT molecular complexity index is 1360. The van der Waals surface area contributed by atoms with Gasteiger partial charge >= 0.3 is 0 Å². The topological polar surface area (TPSA) is 38.1 Å². The van der Waals surface area contributed by atoms with Gasteiger partial charge in [0.1, 0.15) is 5.65 Å². The van der Waals surface area contributed by atoms with E-state index in [1.807, 2.05) is 41.2 Å². The lowest BCUT2D eigenvalue weighted by Gasteiger charge is -2.12. The first-order valence-electron chi connectivity index (χ1n) is 9.37. The average molecular weight is 398 g/mol. The largest absolute Gasteiger partial charge is 0.345 e. The molecule has 142 valence electrons. The van der Waals surface area contributed by atoms with Crippen LogP contribution in [0, 0.1) is 0 Å². The van der Waals surface area contributed by atoms with Crippen LogP contribution in [0.25, 0.3) is 37.9 Å². The van der Waals surface area contributed by atoms with Gasteiger partial charge in [0.05, 0.1) is 0 Å². The number of fused-ring (bicyclic) bond motifs is 2. The van der Waals surface area contributed by atoms with Gasteiger partial charge in [-0.3, -0.25) is 4.79 Å². The van der Waals surface area contributed by atoms with Crippen LogP contribution < -0.4 is 0 Å². The van der Waals surface area contributed by atoms with E-state index < -0.39 is 0 Å². The molecule has 0 aliphatic rings. The number of hydrogen-bond donors (Lipinski definition) is 0. The van der Waals surface area contributed by atoms with Crippen LogP contribution in [0.3, 0.4) is 0 Å². The van der Waals surface area contributed by atoms with E-state index in [1.165, 1.54) is 15.6 Å². The lowest BCUT2D eigenvalue weighted by Crippen LogP contribution is -2.21. The van der Waals surface area contributed by atoms with Gasteiger partial charge in [0.25, 0.3) is 5.91 Å². The molecule has 0 N–H and O–H groups in total. The molecule has 0 bridgehead atoms. The summed E-state index contributed by atoms with van der Waals surface area (Å²) < 4.78 is 3.30. The maximum atomic E-state index is 12.3. The van der Waals surface area contributed by atoms with Crippen molar-refractivity contribution in [1.82, 2.24) is 14.5 Å². The van der Waals surface area contributed by atoms with E-state index in [9.17, 15) is 4.79 Å². The van der Waals surface area contributed by atoms with Gasteiger partial charge in [0.2, 0.25) is 0 Å². The van der Waals surface area contributed by atoms with E-state index in [1.54, 1.807) is 30.3 Å². The minimum atomic E-state index is -0.0117. The van der Waals surface area contributed by atoms with Crippen molar-refractivity contribution in [2.45, 2.75) is 0 Å². The number of thiophene rings is 1. The summed E-state index contributed by atoms with van der Waals surface area (Å²) in [5, 5.41) is 4.45. The lowest BCUT2D eigenvalue weighted by atomic mass is 10.0. The molecule has 0 aliphatic carbocycles. The first-order valence-corrected chi connectivity index (χ1v) is 10.3. The Hall–Kier alpha value is -3.44. The third-order valence-electron chi connectivity index (χ3n) is 5.11. The fourth-order valence-corrected chi connectivity index (χ4v) is 4.49. The van der Waals surface area contributed by atoms with E-state index in [-0.39, 0.29) is 5.91 Å². The first kappa shape index (κ1) is 17.6. The highest BCUT2D eigenvalue weighted by atomic mass is 32.1. The van der Waals surface area contributed by atoms with Gasteiger partial charge in [-0.05, 0) is 53.4 Å². The third-order valence-corrected chi connectivity index (χ3v) is 5.99. The van der Waals surface area contributed by atoms with Gasteiger partial charge < -0.3 is 9.47 Å². The molecular weight excluding hydrogens is 378 g/mol. The van der Waals surface area contributed by atoms with Crippen molar-refractivity contribution in [2.75, 3.05) is 14.1 Å².